The topological polar surface area (TPSA) is 52.3 Å². The van der Waals surface area contributed by atoms with E-state index in [4.69, 9.17) is 9.15 Å². The van der Waals surface area contributed by atoms with E-state index >= 15 is 0 Å². The molecule has 4 rings (SSSR count). The van der Waals surface area contributed by atoms with E-state index in [2.05, 4.69) is 11.6 Å². The van der Waals surface area contributed by atoms with Crippen LogP contribution in [0, 0.1) is 0 Å². The van der Waals surface area contributed by atoms with Gasteiger partial charge in [0.15, 0.2) is 0 Å². The van der Waals surface area contributed by atoms with Crippen LogP contribution < -0.4 is 10.2 Å². The summed E-state index contributed by atoms with van der Waals surface area (Å²) in [6, 6.07) is 16.7. The molecule has 4 heteroatoms. The number of hydrogen-bond donors (Lipinski definition) is 0. The lowest BCUT2D eigenvalue weighted by Gasteiger charge is -2.06. The molecule has 122 valence electrons. The first-order valence-corrected chi connectivity index (χ1v) is 7.92. The van der Waals surface area contributed by atoms with Gasteiger partial charge in [0.05, 0.1) is 22.2 Å². The molecule has 0 radical (unpaired) electrons. The Kier molecular flexibility index (Phi) is 3.78. The van der Waals surface area contributed by atoms with Crippen molar-refractivity contribution in [2.24, 2.45) is 0 Å². The van der Waals surface area contributed by atoms with Gasteiger partial charge in [-0.15, -0.1) is 0 Å². The standard InChI is InChI=1S/C21H15NO3/c1-2-11-24-15-8-9-16-20(12-15)25-13-17(21(16)23)19-10-7-14-5-3-4-6-18(14)22-19/h2-10,12-13H,1,11H2. The van der Waals surface area contributed by atoms with Gasteiger partial charge in [-0.1, -0.05) is 36.9 Å². The number of ether oxygens (including phenoxy) is 1. The Morgan fingerprint density at radius 2 is 2.00 bits per heavy atom. The Morgan fingerprint density at radius 1 is 1.12 bits per heavy atom. The van der Waals surface area contributed by atoms with Crippen LogP contribution in [0.15, 0.2) is 82.7 Å². The lowest BCUT2D eigenvalue weighted by Crippen LogP contribution is -2.06. The van der Waals surface area contributed by atoms with Gasteiger partial charge in [0.2, 0.25) is 5.43 Å². The molecule has 2 heterocycles. The molecule has 0 aliphatic carbocycles. The molecule has 0 aliphatic heterocycles. The number of rotatable bonds is 4. The van der Waals surface area contributed by atoms with Crippen molar-refractivity contribution >= 4 is 21.9 Å². The highest BCUT2D eigenvalue weighted by molar-refractivity contribution is 5.85. The molecule has 0 unspecified atom stereocenters. The van der Waals surface area contributed by atoms with Crippen LogP contribution in [0.2, 0.25) is 0 Å². The lowest BCUT2D eigenvalue weighted by molar-refractivity contribution is 0.363. The minimum Gasteiger partial charge on any atom is -0.489 e. The molecule has 2 aromatic carbocycles. The van der Waals surface area contributed by atoms with Gasteiger partial charge in [-0.05, 0) is 24.3 Å². The molecule has 0 aliphatic rings. The third-order valence-corrected chi connectivity index (χ3v) is 3.99. The first-order valence-electron chi connectivity index (χ1n) is 7.92. The minimum atomic E-state index is -0.112. The number of pyridine rings is 1. The van der Waals surface area contributed by atoms with Crippen molar-refractivity contribution in [3.05, 3.63) is 83.7 Å². The summed E-state index contributed by atoms with van der Waals surface area (Å²) in [5.74, 6) is 0.632. The molecule has 0 amide bonds. The van der Waals surface area contributed by atoms with Gasteiger partial charge in [0.25, 0.3) is 0 Å². The molecule has 0 saturated carbocycles. The van der Waals surface area contributed by atoms with Crippen LogP contribution in [0.3, 0.4) is 0 Å². The normalized spacial score (nSPS) is 10.9. The fourth-order valence-corrected chi connectivity index (χ4v) is 2.75. The average molecular weight is 329 g/mol. The molecular formula is C21H15NO3. The van der Waals surface area contributed by atoms with Crippen LogP contribution >= 0.6 is 0 Å². The van der Waals surface area contributed by atoms with Crippen molar-refractivity contribution < 1.29 is 9.15 Å². The van der Waals surface area contributed by atoms with Crippen molar-refractivity contribution in [2.45, 2.75) is 0 Å². The first kappa shape index (κ1) is 15.1. The highest BCUT2D eigenvalue weighted by atomic mass is 16.5. The predicted octanol–water partition coefficient (Wildman–Crippen LogP) is 4.57. The molecular weight excluding hydrogens is 314 g/mol. The van der Waals surface area contributed by atoms with Gasteiger partial charge in [-0.25, -0.2) is 4.98 Å². The van der Waals surface area contributed by atoms with Crippen LogP contribution in [0.5, 0.6) is 5.75 Å². The second kappa shape index (κ2) is 6.24. The molecule has 4 nitrogen and oxygen atoms in total. The maximum atomic E-state index is 12.8. The van der Waals surface area contributed by atoms with Crippen LogP contribution in [0.25, 0.3) is 33.1 Å². The van der Waals surface area contributed by atoms with Crippen LogP contribution in [0.1, 0.15) is 0 Å². The van der Waals surface area contributed by atoms with E-state index < -0.39 is 0 Å². The van der Waals surface area contributed by atoms with E-state index in [9.17, 15) is 4.79 Å². The third kappa shape index (κ3) is 2.78. The van der Waals surface area contributed by atoms with E-state index in [1.54, 1.807) is 24.3 Å². The SMILES string of the molecule is C=CCOc1ccc2c(=O)c(-c3ccc4ccccc4n3)coc2c1. The quantitative estimate of drug-likeness (QED) is 0.515. The molecule has 2 aromatic heterocycles. The van der Waals surface area contributed by atoms with Crippen LogP contribution in [0.4, 0.5) is 0 Å². The van der Waals surface area contributed by atoms with Crippen molar-refractivity contribution in [1.29, 1.82) is 0 Å². The number of nitrogens with zero attached hydrogens (tertiary/aromatic N) is 1. The van der Waals surface area contributed by atoms with Crippen molar-refractivity contribution in [1.82, 2.24) is 4.98 Å². The molecule has 0 atom stereocenters. The molecule has 0 saturated heterocycles. The molecule has 0 spiro atoms. The summed E-state index contributed by atoms with van der Waals surface area (Å²) in [7, 11) is 0. The maximum Gasteiger partial charge on any atom is 0.202 e. The molecule has 0 fully saturated rings. The van der Waals surface area contributed by atoms with Gasteiger partial charge in [-0.2, -0.15) is 0 Å². The Morgan fingerprint density at radius 3 is 2.88 bits per heavy atom. The summed E-state index contributed by atoms with van der Waals surface area (Å²) in [5, 5.41) is 1.53. The van der Waals surface area contributed by atoms with Gasteiger partial charge >= 0.3 is 0 Å². The Balaban J connectivity index is 1.82. The van der Waals surface area contributed by atoms with Crippen molar-refractivity contribution in [3.63, 3.8) is 0 Å². The lowest BCUT2D eigenvalue weighted by atomic mass is 10.1. The zero-order valence-electron chi connectivity index (χ0n) is 13.4. The fourth-order valence-electron chi connectivity index (χ4n) is 2.75. The number of benzene rings is 2. The largest absolute Gasteiger partial charge is 0.489 e. The Labute approximate surface area is 144 Å². The summed E-state index contributed by atoms with van der Waals surface area (Å²) in [5.41, 5.74) is 2.25. The second-order valence-electron chi connectivity index (χ2n) is 5.63. The number of aromatic nitrogens is 1. The fraction of sp³-hybridized carbons (Fsp3) is 0.0476. The third-order valence-electron chi connectivity index (χ3n) is 3.99. The van der Waals surface area contributed by atoms with Crippen LogP contribution in [-0.4, -0.2) is 11.6 Å². The Hall–Kier alpha value is -3.40. The van der Waals surface area contributed by atoms with E-state index in [0.29, 0.717) is 34.6 Å². The molecule has 0 N–H and O–H groups in total. The van der Waals surface area contributed by atoms with Crippen molar-refractivity contribution in [2.75, 3.05) is 6.61 Å². The minimum absolute atomic E-state index is 0.112. The van der Waals surface area contributed by atoms with E-state index in [1.807, 2.05) is 36.4 Å². The van der Waals surface area contributed by atoms with Gasteiger partial charge in [-0.3, -0.25) is 4.79 Å². The monoisotopic (exact) mass is 329 g/mol. The number of para-hydroxylation sites is 1. The summed E-state index contributed by atoms with van der Waals surface area (Å²) < 4.78 is 11.1. The van der Waals surface area contributed by atoms with E-state index in [1.165, 1.54) is 6.26 Å². The zero-order chi connectivity index (χ0) is 17.2. The van der Waals surface area contributed by atoms with Crippen molar-refractivity contribution in [3.8, 4) is 17.0 Å². The molecule has 4 aromatic rings. The maximum absolute atomic E-state index is 12.8. The van der Waals surface area contributed by atoms with Gasteiger partial charge < -0.3 is 9.15 Å². The van der Waals surface area contributed by atoms with Gasteiger partial charge in [0, 0.05) is 11.5 Å². The smallest absolute Gasteiger partial charge is 0.202 e. The Bertz CT molecular complexity index is 1140. The highest BCUT2D eigenvalue weighted by Crippen LogP contribution is 2.23. The van der Waals surface area contributed by atoms with Crippen LogP contribution in [-0.2, 0) is 0 Å². The highest BCUT2D eigenvalue weighted by Gasteiger charge is 2.11. The number of hydrogen-bond acceptors (Lipinski definition) is 4. The molecule has 0 bridgehead atoms. The van der Waals surface area contributed by atoms with E-state index in [-0.39, 0.29) is 5.43 Å². The summed E-state index contributed by atoms with van der Waals surface area (Å²) in [4.78, 5) is 17.4. The zero-order valence-corrected chi connectivity index (χ0v) is 13.4. The summed E-state index contributed by atoms with van der Waals surface area (Å²) >= 11 is 0. The molecule has 25 heavy (non-hydrogen) atoms. The first-order chi connectivity index (χ1) is 12.3. The summed E-state index contributed by atoms with van der Waals surface area (Å²) in [6.07, 6.45) is 3.12. The second-order valence-corrected chi connectivity index (χ2v) is 5.63. The van der Waals surface area contributed by atoms with E-state index in [0.717, 1.165) is 10.9 Å². The predicted molar refractivity (Wildman–Crippen MR) is 98.9 cm³/mol. The van der Waals surface area contributed by atoms with Gasteiger partial charge in [0.1, 0.15) is 24.2 Å². The number of fused-ring (bicyclic) bond motifs is 2. The average Bonchev–Trinajstić information content (AvgIpc) is 2.66. The summed E-state index contributed by atoms with van der Waals surface area (Å²) in [6.45, 7) is 4.01.